The highest BCUT2D eigenvalue weighted by atomic mass is 31.2. The third-order valence-electron chi connectivity index (χ3n) is 3.60. The van der Waals surface area contributed by atoms with E-state index in [-0.39, 0.29) is 25.2 Å². The fourth-order valence-electron chi connectivity index (χ4n) is 2.29. The van der Waals surface area contributed by atoms with Gasteiger partial charge in [0.1, 0.15) is 11.6 Å². The van der Waals surface area contributed by atoms with Gasteiger partial charge in [0.2, 0.25) is 0 Å². The normalized spacial score (nSPS) is 12.7. The van der Waals surface area contributed by atoms with E-state index in [4.69, 9.17) is 9.47 Å². The number of ether oxygens (including phenoxy) is 2. The summed E-state index contributed by atoms with van der Waals surface area (Å²) in [5, 5.41) is 2.46. The summed E-state index contributed by atoms with van der Waals surface area (Å²) in [5.41, 5.74) is -1.12. The first-order valence-electron chi connectivity index (χ1n) is 9.89. The number of esters is 1. The summed E-state index contributed by atoms with van der Waals surface area (Å²) in [6.45, 7) is 8.30. The van der Waals surface area contributed by atoms with Crippen molar-refractivity contribution in [3.63, 3.8) is 0 Å². The van der Waals surface area contributed by atoms with Crippen LogP contribution in [0.5, 0.6) is 0 Å². The number of nitrogens with one attached hydrogen (secondary N) is 1. The van der Waals surface area contributed by atoms with Crippen LogP contribution in [-0.2, 0) is 44.4 Å². The summed E-state index contributed by atoms with van der Waals surface area (Å²) < 4.78 is 31.9. The second-order valence-corrected chi connectivity index (χ2v) is 9.09. The zero-order valence-corrected chi connectivity index (χ0v) is 19.9. The summed E-state index contributed by atoms with van der Waals surface area (Å²) in [6, 6.07) is 4.76. The Labute approximate surface area is 187 Å². The monoisotopic (exact) mass is 475 g/mol. The lowest BCUT2D eigenvalue weighted by atomic mass is 10.0. The maximum atomic E-state index is 12.7. The van der Waals surface area contributed by atoms with E-state index in [9.17, 15) is 18.9 Å². The van der Waals surface area contributed by atoms with E-state index in [0.29, 0.717) is 5.56 Å². The van der Waals surface area contributed by atoms with Gasteiger partial charge in [0.15, 0.2) is 0 Å². The second kappa shape index (κ2) is 12.7. The van der Waals surface area contributed by atoms with Gasteiger partial charge < -0.3 is 14.8 Å². The van der Waals surface area contributed by atoms with E-state index < -0.39 is 36.8 Å². The van der Waals surface area contributed by atoms with Crippen molar-refractivity contribution >= 4 is 25.2 Å². The minimum Gasteiger partial charge on any atom is -0.467 e. The van der Waals surface area contributed by atoms with E-state index >= 15 is 0 Å². The Balaban J connectivity index is 2.97. The van der Waals surface area contributed by atoms with Gasteiger partial charge in [0, 0.05) is 12.0 Å². The molecule has 1 rings (SSSR count). The van der Waals surface area contributed by atoms with E-state index in [1.807, 2.05) is 0 Å². The predicted molar refractivity (Wildman–Crippen MR) is 113 cm³/mol. The van der Waals surface area contributed by atoms with Crippen molar-refractivity contribution in [2.24, 2.45) is 0 Å². The van der Waals surface area contributed by atoms with Gasteiger partial charge in [-0.25, -0.2) is 23.9 Å². The average molecular weight is 475 g/mol. The molecular formula is C20H30NO10P. The van der Waals surface area contributed by atoms with Gasteiger partial charge in [-0.05, 0) is 40.2 Å². The van der Waals surface area contributed by atoms with Crippen LogP contribution in [0, 0.1) is 0 Å². The molecule has 1 amide bonds. The topological polar surface area (TPSA) is 136 Å². The van der Waals surface area contributed by atoms with Gasteiger partial charge in [0.25, 0.3) is 5.52 Å². The van der Waals surface area contributed by atoms with Crippen molar-refractivity contribution < 1.29 is 47.5 Å². The van der Waals surface area contributed by atoms with E-state index in [1.165, 1.54) is 31.4 Å². The fraction of sp³-hybridized carbons (Fsp3) is 0.550. The molecule has 32 heavy (non-hydrogen) atoms. The molecule has 12 heteroatoms. The highest BCUT2D eigenvalue weighted by Gasteiger charge is 2.39. The van der Waals surface area contributed by atoms with Crippen LogP contribution in [0.3, 0.4) is 0 Å². The molecule has 0 aliphatic carbocycles. The number of amides is 1. The number of hydrogen-bond donors (Lipinski definition) is 1. The van der Waals surface area contributed by atoms with Crippen molar-refractivity contribution in [3.05, 3.63) is 35.4 Å². The molecular weight excluding hydrogens is 445 g/mol. The Morgan fingerprint density at radius 3 is 1.97 bits per heavy atom. The molecule has 1 aromatic carbocycles. The van der Waals surface area contributed by atoms with Crippen molar-refractivity contribution in [1.82, 2.24) is 5.32 Å². The van der Waals surface area contributed by atoms with E-state index in [2.05, 4.69) is 24.4 Å². The number of alkyl carbamates (subject to hydrolysis) is 1. The molecule has 0 radical (unpaired) electrons. The van der Waals surface area contributed by atoms with Crippen LogP contribution < -0.4 is 5.32 Å². The predicted octanol–water partition coefficient (Wildman–Crippen LogP) is 3.56. The summed E-state index contributed by atoms with van der Waals surface area (Å²) in [4.78, 5) is 46.0. The summed E-state index contributed by atoms with van der Waals surface area (Å²) in [6.07, 6.45) is -0.718. The smallest absolute Gasteiger partial charge is 0.455 e. The first-order valence-corrected chi connectivity index (χ1v) is 11.4. The van der Waals surface area contributed by atoms with Crippen molar-refractivity contribution in [3.8, 4) is 0 Å². The van der Waals surface area contributed by atoms with E-state index in [0.717, 1.165) is 0 Å². The molecule has 0 aromatic heterocycles. The quantitative estimate of drug-likeness (QED) is 0.207. The molecule has 1 atom stereocenters. The first-order chi connectivity index (χ1) is 15.0. The highest BCUT2D eigenvalue weighted by molar-refractivity contribution is 7.72. The van der Waals surface area contributed by atoms with E-state index in [1.54, 1.807) is 34.6 Å². The molecule has 0 aliphatic heterocycles. The lowest BCUT2D eigenvalue weighted by Crippen LogP contribution is -2.45. The standard InChI is InChI=1S/C20H30NO10P/c1-7-27-30-32(25,31-28-8-2)18(23)15-11-9-14(10-12-15)13-16(17(22)26-6)21-19(24)29-20(3,4)5/h9-12,16H,7-8,13H2,1-6H3,(H,21,24). The Morgan fingerprint density at radius 1 is 1.00 bits per heavy atom. The molecule has 0 aliphatic rings. The molecule has 0 heterocycles. The largest absolute Gasteiger partial charge is 0.467 e. The molecule has 1 aromatic rings. The number of carbonyl (C=O) groups is 3. The Morgan fingerprint density at radius 2 is 1.53 bits per heavy atom. The van der Waals surface area contributed by atoms with Gasteiger partial charge in [-0.15, -0.1) is 9.35 Å². The number of rotatable bonds is 12. The van der Waals surface area contributed by atoms with Crippen LogP contribution in [0.2, 0.25) is 0 Å². The molecule has 0 spiro atoms. The molecule has 180 valence electrons. The highest BCUT2D eigenvalue weighted by Crippen LogP contribution is 2.51. The maximum Gasteiger partial charge on any atom is 0.455 e. The number of methoxy groups -OCH3 is 1. The fourth-order valence-corrected chi connectivity index (χ4v) is 3.40. The number of benzene rings is 1. The van der Waals surface area contributed by atoms with Gasteiger partial charge >= 0.3 is 19.7 Å². The minimum atomic E-state index is -4.40. The zero-order chi connectivity index (χ0) is 24.4. The summed E-state index contributed by atoms with van der Waals surface area (Å²) in [7, 11) is -3.20. The van der Waals surface area contributed by atoms with Gasteiger partial charge in [-0.1, -0.05) is 24.3 Å². The maximum absolute atomic E-state index is 12.7. The molecule has 0 fully saturated rings. The van der Waals surface area contributed by atoms with Crippen molar-refractivity contribution in [2.45, 2.75) is 52.7 Å². The number of carbonyl (C=O) groups excluding carboxylic acids is 3. The molecule has 0 saturated carbocycles. The molecule has 1 N–H and O–H groups in total. The van der Waals surface area contributed by atoms with Crippen LogP contribution >= 0.6 is 7.60 Å². The summed E-state index contributed by atoms with van der Waals surface area (Å²) >= 11 is 0. The van der Waals surface area contributed by atoms with Crippen molar-refractivity contribution in [1.29, 1.82) is 0 Å². The van der Waals surface area contributed by atoms with Crippen LogP contribution in [0.4, 0.5) is 4.79 Å². The van der Waals surface area contributed by atoms with Gasteiger partial charge in [-0.2, -0.15) is 0 Å². The Kier molecular flexibility index (Phi) is 11.0. The Bertz CT molecular complexity index is 807. The van der Waals surface area contributed by atoms with Crippen LogP contribution in [0.15, 0.2) is 24.3 Å². The zero-order valence-electron chi connectivity index (χ0n) is 19.0. The van der Waals surface area contributed by atoms with Crippen LogP contribution in [0.1, 0.15) is 50.5 Å². The van der Waals surface area contributed by atoms with Crippen molar-refractivity contribution in [2.75, 3.05) is 20.3 Å². The van der Waals surface area contributed by atoms with Gasteiger partial charge in [-0.3, -0.25) is 4.79 Å². The third-order valence-corrected chi connectivity index (χ3v) is 4.96. The van der Waals surface area contributed by atoms with Crippen LogP contribution in [-0.4, -0.2) is 49.6 Å². The third kappa shape index (κ3) is 9.05. The molecule has 0 saturated heterocycles. The lowest BCUT2D eigenvalue weighted by molar-refractivity contribution is -0.260. The molecule has 0 bridgehead atoms. The average Bonchev–Trinajstić information content (AvgIpc) is 2.74. The SMILES string of the molecule is CCOOP(=O)(OOCC)C(=O)c1ccc(CC(NC(=O)OC(C)(C)C)C(=O)OC)cc1. The molecule has 11 nitrogen and oxygen atoms in total. The lowest BCUT2D eigenvalue weighted by Gasteiger charge is -2.22. The number of hydrogen-bond acceptors (Lipinski definition) is 10. The van der Waals surface area contributed by atoms with Crippen LogP contribution in [0.25, 0.3) is 0 Å². The molecule has 1 unspecified atom stereocenters. The minimum absolute atomic E-state index is 0.00575. The summed E-state index contributed by atoms with van der Waals surface area (Å²) in [5.74, 6) is -0.671. The second-order valence-electron chi connectivity index (χ2n) is 7.39. The van der Waals surface area contributed by atoms with Gasteiger partial charge in [0.05, 0.1) is 20.3 Å². The Hall–Kier alpha value is -2.30. The first kappa shape index (κ1) is 27.7.